The van der Waals surface area contributed by atoms with Gasteiger partial charge in [-0.25, -0.2) is 0 Å². The monoisotopic (exact) mass is 184 g/mol. The molecule has 2 atom stereocenters. The topological polar surface area (TPSA) is 40.5 Å². The predicted molar refractivity (Wildman–Crippen MR) is 53.3 cm³/mol. The molecule has 0 aromatic rings. The molecule has 2 nitrogen and oxygen atoms in total. The molecule has 0 aliphatic heterocycles. The van der Waals surface area contributed by atoms with E-state index in [1.54, 1.807) is 0 Å². The van der Waals surface area contributed by atoms with Gasteiger partial charge in [0.15, 0.2) is 0 Å². The van der Waals surface area contributed by atoms with Gasteiger partial charge in [0.25, 0.3) is 0 Å². The van der Waals surface area contributed by atoms with Crippen LogP contribution in [-0.2, 0) is 0 Å². The number of aliphatic hydroxyl groups excluding tert-OH is 2. The zero-order chi connectivity index (χ0) is 10.1. The largest absolute Gasteiger partial charge is 0.396 e. The van der Waals surface area contributed by atoms with Crippen molar-refractivity contribution in [3.05, 3.63) is 11.6 Å². The molecule has 2 heteroatoms. The molecule has 0 saturated carbocycles. The third-order valence-electron chi connectivity index (χ3n) is 3.64. The SMILES string of the molecule is CC1=C[C@H](C)C(CO)(CO)[C@@H](C)C1. The molecule has 1 aliphatic rings. The molecule has 13 heavy (non-hydrogen) atoms. The lowest BCUT2D eigenvalue weighted by Gasteiger charge is -2.43. The number of hydrogen-bond donors (Lipinski definition) is 2. The molecule has 76 valence electrons. The highest BCUT2D eigenvalue weighted by Crippen LogP contribution is 2.43. The second-order valence-corrected chi connectivity index (χ2v) is 4.46. The molecule has 0 heterocycles. The fourth-order valence-corrected chi connectivity index (χ4v) is 2.45. The summed E-state index contributed by atoms with van der Waals surface area (Å²) in [6.45, 7) is 6.46. The summed E-state index contributed by atoms with van der Waals surface area (Å²) >= 11 is 0. The lowest BCUT2D eigenvalue weighted by molar-refractivity contribution is -0.0245. The number of rotatable bonds is 2. The van der Waals surface area contributed by atoms with Gasteiger partial charge in [-0.3, -0.25) is 0 Å². The molecule has 2 N–H and O–H groups in total. The molecular weight excluding hydrogens is 164 g/mol. The van der Waals surface area contributed by atoms with E-state index in [2.05, 4.69) is 26.8 Å². The van der Waals surface area contributed by atoms with Gasteiger partial charge in [0.1, 0.15) is 0 Å². The fourth-order valence-electron chi connectivity index (χ4n) is 2.45. The predicted octanol–water partition coefficient (Wildman–Crippen LogP) is 1.58. The number of aliphatic hydroxyl groups is 2. The Morgan fingerprint density at radius 2 is 1.92 bits per heavy atom. The van der Waals surface area contributed by atoms with Crippen LogP contribution in [0, 0.1) is 17.3 Å². The molecule has 0 aromatic heterocycles. The van der Waals surface area contributed by atoms with Crippen LogP contribution in [-0.4, -0.2) is 23.4 Å². The van der Waals surface area contributed by atoms with Crippen LogP contribution in [0.5, 0.6) is 0 Å². The molecule has 0 amide bonds. The Morgan fingerprint density at radius 3 is 2.31 bits per heavy atom. The van der Waals surface area contributed by atoms with E-state index in [4.69, 9.17) is 0 Å². The summed E-state index contributed by atoms with van der Waals surface area (Å²) in [4.78, 5) is 0. The summed E-state index contributed by atoms with van der Waals surface area (Å²) < 4.78 is 0. The summed E-state index contributed by atoms with van der Waals surface area (Å²) in [5.41, 5.74) is 1.07. The van der Waals surface area contributed by atoms with Gasteiger partial charge in [-0.05, 0) is 25.2 Å². The quantitative estimate of drug-likeness (QED) is 0.640. The van der Waals surface area contributed by atoms with E-state index in [1.165, 1.54) is 5.57 Å². The third kappa shape index (κ3) is 1.65. The maximum Gasteiger partial charge on any atom is 0.0517 e. The highest BCUT2D eigenvalue weighted by atomic mass is 16.3. The number of hydrogen-bond acceptors (Lipinski definition) is 2. The third-order valence-corrected chi connectivity index (χ3v) is 3.64. The Balaban J connectivity index is 2.96. The smallest absolute Gasteiger partial charge is 0.0517 e. The van der Waals surface area contributed by atoms with E-state index in [0.717, 1.165) is 6.42 Å². The van der Waals surface area contributed by atoms with E-state index < -0.39 is 0 Å². The average Bonchev–Trinajstić information content (AvgIpc) is 2.05. The first-order valence-corrected chi connectivity index (χ1v) is 4.96. The van der Waals surface area contributed by atoms with Crippen LogP contribution in [0.15, 0.2) is 11.6 Å². The summed E-state index contributed by atoms with van der Waals surface area (Å²) in [7, 11) is 0. The first-order valence-electron chi connectivity index (χ1n) is 4.96. The maximum absolute atomic E-state index is 9.38. The van der Waals surface area contributed by atoms with Gasteiger partial charge in [0, 0.05) is 5.41 Å². The molecule has 0 radical (unpaired) electrons. The van der Waals surface area contributed by atoms with Crippen LogP contribution in [0.25, 0.3) is 0 Å². The average molecular weight is 184 g/mol. The number of allylic oxidation sites excluding steroid dienone is 2. The molecule has 0 aromatic carbocycles. The van der Waals surface area contributed by atoms with E-state index in [0.29, 0.717) is 5.92 Å². The summed E-state index contributed by atoms with van der Waals surface area (Å²) in [6, 6.07) is 0. The molecular formula is C11H20O2. The van der Waals surface area contributed by atoms with Gasteiger partial charge in [-0.15, -0.1) is 0 Å². The molecule has 0 fully saturated rings. The van der Waals surface area contributed by atoms with E-state index in [-0.39, 0.29) is 24.5 Å². The van der Waals surface area contributed by atoms with Crippen LogP contribution in [0.4, 0.5) is 0 Å². The second kappa shape index (κ2) is 3.81. The zero-order valence-electron chi connectivity index (χ0n) is 8.75. The summed E-state index contributed by atoms with van der Waals surface area (Å²) in [6.07, 6.45) is 3.16. The maximum atomic E-state index is 9.38. The molecule has 0 unspecified atom stereocenters. The minimum atomic E-state index is -0.306. The highest BCUT2D eigenvalue weighted by molar-refractivity contribution is 5.12. The van der Waals surface area contributed by atoms with Crippen LogP contribution in [0.3, 0.4) is 0 Å². The Bertz CT molecular complexity index is 204. The van der Waals surface area contributed by atoms with Gasteiger partial charge >= 0.3 is 0 Å². The van der Waals surface area contributed by atoms with Gasteiger partial charge in [0.05, 0.1) is 13.2 Å². The van der Waals surface area contributed by atoms with Gasteiger partial charge in [-0.2, -0.15) is 0 Å². The molecule has 1 aliphatic carbocycles. The standard InChI is InChI=1S/C11H20O2/c1-8-4-9(2)11(6-12,7-13)10(3)5-8/h4,9-10,12-13H,5-7H2,1-3H3/t9-,10-/m0/s1. The minimum absolute atomic E-state index is 0.0790. The van der Waals surface area contributed by atoms with E-state index >= 15 is 0 Å². The minimum Gasteiger partial charge on any atom is -0.396 e. The van der Waals surface area contributed by atoms with Gasteiger partial charge in [0.2, 0.25) is 0 Å². The Morgan fingerprint density at radius 1 is 1.38 bits per heavy atom. The van der Waals surface area contributed by atoms with Crippen molar-refractivity contribution in [2.75, 3.05) is 13.2 Å². The lowest BCUT2D eigenvalue weighted by atomic mass is 9.63. The first-order chi connectivity index (χ1) is 6.06. The van der Waals surface area contributed by atoms with Crippen LogP contribution < -0.4 is 0 Å². The normalized spacial score (nSPS) is 32.8. The van der Waals surface area contributed by atoms with Crippen LogP contribution in [0.1, 0.15) is 27.2 Å². The van der Waals surface area contributed by atoms with Crippen molar-refractivity contribution in [3.63, 3.8) is 0 Å². The van der Waals surface area contributed by atoms with Crippen molar-refractivity contribution < 1.29 is 10.2 Å². The van der Waals surface area contributed by atoms with Crippen molar-refractivity contribution in [1.29, 1.82) is 0 Å². The molecule has 0 bridgehead atoms. The summed E-state index contributed by atoms with van der Waals surface area (Å²) in [5.74, 6) is 0.633. The second-order valence-electron chi connectivity index (χ2n) is 4.46. The summed E-state index contributed by atoms with van der Waals surface area (Å²) in [5, 5.41) is 18.8. The Hall–Kier alpha value is -0.340. The van der Waals surface area contributed by atoms with Crippen molar-refractivity contribution in [3.8, 4) is 0 Å². The van der Waals surface area contributed by atoms with Crippen LogP contribution >= 0.6 is 0 Å². The van der Waals surface area contributed by atoms with Crippen molar-refractivity contribution in [2.24, 2.45) is 17.3 Å². The lowest BCUT2D eigenvalue weighted by Crippen LogP contribution is -2.44. The van der Waals surface area contributed by atoms with Crippen molar-refractivity contribution in [1.82, 2.24) is 0 Å². The zero-order valence-corrected chi connectivity index (χ0v) is 8.75. The van der Waals surface area contributed by atoms with E-state index in [1.807, 2.05) is 0 Å². The van der Waals surface area contributed by atoms with Gasteiger partial charge < -0.3 is 10.2 Å². The molecule has 0 spiro atoms. The fraction of sp³-hybridized carbons (Fsp3) is 0.818. The molecule has 1 rings (SSSR count). The first kappa shape index (κ1) is 10.7. The van der Waals surface area contributed by atoms with Crippen LogP contribution in [0.2, 0.25) is 0 Å². The van der Waals surface area contributed by atoms with Gasteiger partial charge in [-0.1, -0.05) is 25.5 Å². The molecule has 0 saturated heterocycles. The Labute approximate surface area is 80.3 Å². The van der Waals surface area contributed by atoms with Crippen molar-refractivity contribution in [2.45, 2.75) is 27.2 Å². The van der Waals surface area contributed by atoms with Crippen molar-refractivity contribution >= 4 is 0 Å². The Kier molecular flexibility index (Phi) is 3.14. The highest BCUT2D eigenvalue weighted by Gasteiger charge is 2.41. The van der Waals surface area contributed by atoms with E-state index in [9.17, 15) is 10.2 Å².